The van der Waals surface area contributed by atoms with Crippen molar-refractivity contribution in [3.8, 4) is 103 Å². The van der Waals surface area contributed by atoms with Gasteiger partial charge in [-0.15, -0.1) is 24.0 Å². The lowest BCUT2D eigenvalue weighted by atomic mass is 10.1. The van der Waals surface area contributed by atoms with Gasteiger partial charge in [-0.2, -0.15) is 8.42 Å². The number of benzene rings is 8. The fraction of sp³-hybridized carbons (Fsp3) is 0.284. The molecule has 0 amide bonds. The van der Waals surface area contributed by atoms with Crippen molar-refractivity contribution in [1.29, 1.82) is 0 Å². The Hall–Kier alpha value is -11.0. The van der Waals surface area contributed by atoms with Crippen LogP contribution in [-0.2, 0) is 24.6 Å². The first-order chi connectivity index (χ1) is 52.5. The summed E-state index contributed by atoms with van der Waals surface area (Å²) in [6.45, 7) is 0. The van der Waals surface area contributed by atoms with Gasteiger partial charge in [0.25, 0.3) is 0 Å². The van der Waals surface area contributed by atoms with Crippen LogP contribution in [0.5, 0.6) is 103 Å². The largest absolute Gasteiger partial charge is 0.496 e. The third kappa shape index (κ3) is 24.5. The van der Waals surface area contributed by atoms with Gasteiger partial charge in [0.2, 0.25) is 28.7 Å². The second-order valence-electron chi connectivity index (χ2n) is 20.3. The zero-order valence-corrected chi connectivity index (χ0v) is 68.6. The Labute approximate surface area is 657 Å². The molecule has 9 rings (SSSR count). The average molecular weight is 1680 g/mol. The second-order valence-corrected chi connectivity index (χ2v) is 24.5. The number of para-hydroxylation sites is 2. The maximum Gasteiger partial charge on any atom is 0.394 e. The minimum absolute atomic E-state index is 0.0875. The van der Waals surface area contributed by atoms with Crippen LogP contribution in [0, 0.1) is 0 Å². The van der Waals surface area contributed by atoms with Crippen LogP contribution >= 0.6 is 51.7 Å². The number of hydrogen-bond acceptors (Lipinski definition) is 31. The van der Waals surface area contributed by atoms with E-state index >= 15 is 0 Å². The molecule has 3 N–H and O–H groups in total. The molecule has 8 aromatic carbocycles. The quantitative estimate of drug-likeness (QED) is 0.0143. The van der Waals surface area contributed by atoms with E-state index in [1.807, 2.05) is 54.6 Å². The molecule has 1 heterocycles. The fourth-order valence-electron chi connectivity index (χ4n) is 9.44. The molecule has 0 fully saturated rings. The number of carbonyl (C=O) groups excluding carboxylic acids is 3. The van der Waals surface area contributed by atoms with Crippen LogP contribution in [0.3, 0.4) is 0 Å². The van der Waals surface area contributed by atoms with Crippen molar-refractivity contribution in [3.05, 3.63) is 146 Å². The zero-order chi connectivity index (χ0) is 82.7. The predicted octanol–water partition coefficient (Wildman–Crippen LogP) is 13.6. The molecule has 0 aliphatic heterocycles. The first-order valence-corrected chi connectivity index (χ1v) is 35.2. The lowest BCUT2D eigenvalue weighted by Gasteiger charge is -2.19. The molecule has 0 bridgehead atoms. The van der Waals surface area contributed by atoms with Gasteiger partial charge in [0.1, 0.15) is 17.2 Å². The molecule has 31 nitrogen and oxygen atoms in total. The van der Waals surface area contributed by atoms with Gasteiger partial charge in [-0.25, -0.2) is 19.2 Å². The summed E-state index contributed by atoms with van der Waals surface area (Å²) in [5.74, 6) is 5.74. The van der Waals surface area contributed by atoms with E-state index in [1.165, 1.54) is 174 Å². The van der Waals surface area contributed by atoms with Crippen LogP contribution in [0.15, 0.2) is 133 Å². The van der Waals surface area contributed by atoms with Crippen LogP contribution in [0.1, 0.15) is 41.4 Å². The molecule has 0 aliphatic carbocycles. The summed E-state index contributed by atoms with van der Waals surface area (Å²) in [6.07, 6.45) is 0. The first kappa shape index (κ1) is 93.2. The molecular weight excluding hydrogens is 1590 g/mol. The topological polar surface area (TPSA) is 374 Å². The zero-order valence-electron chi connectivity index (χ0n) is 63.7. The molecule has 36 heteroatoms. The smallest absolute Gasteiger partial charge is 0.394 e. The van der Waals surface area contributed by atoms with Crippen molar-refractivity contribution in [3.63, 3.8) is 0 Å². The predicted molar refractivity (Wildman–Crippen MR) is 416 cm³/mol. The average Bonchev–Trinajstić information content (AvgIpc) is 0.746. The summed E-state index contributed by atoms with van der Waals surface area (Å²) >= 11 is 10.2. The highest BCUT2D eigenvalue weighted by atomic mass is 79.9. The van der Waals surface area contributed by atoms with Crippen molar-refractivity contribution in [2.24, 2.45) is 0 Å². The van der Waals surface area contributed by atoms with Crippen molar-refractivity contribution >= 4 is 106 Å². The lowest BCUT2D eigenvalue weighted by Crippen LogP contribution is -2.07. The molecule has 598 valence electrons. The molecule has 0 unspecified atom stereocenters. The Bertz CT molecular complexity index is 4700. The van der Waals surface area contributed by atoms with E-state index in [0.717, 1.165) is 20.2 Å². The minimum atomic E-state index is -4.67. The highest BCUT2D eigenvalue weighted by molar-refractivity contribution is 9.10. The highest BCUT2D eigenvalue weighted by Crippen LogP contribution is 2.51. The molecule has 9 aromatic rings. The second kappa shape index (κ2) is 46.4. The number of esters is 3. The van der Waals surface area contributed by atoms with E-state index in [2.05, 4.69) is 38.0 Å². The van der Waals surface area contributed by atoms with Crippen LogP contribution in [0.25, 0.3) is 20.2 Å². The Balaban J connectivity index is 0.000000345. The summed E-state index contributed by atoms with van der Waals surface area (Å²) < 4.78 is 142. The molecule has 1 aromatic heterocycles. The van der Waals surface area contributed by atoms with E-state index in [1.54, 1.807) is 52.7 Å². The number of carbonyl (C=O) groups is 4. The number of ether oxygens (including phenoxy) is 21. The summed E-state index contributed by atoms with van der Waals surface area (Å²) in [4.78, 5) is 61.2. The monoisotopic (exact) mass is 1680 g/mol. The number of methoxy groups -OCH3 is 21. The third-order valence-corrected chi connectivity index (χ3v) is 18.0. The van der Waals surface area contributed by atoms with Gasteiger partial charge in [0.15, 0.2) is 62.9 Å². The van der Waals surface area contributed by atoms with Crippen LogP contribution in [0.4, 0.5) is 0 Å². The summed E-state index contributed by atoms with van der Waals surface area (Å²) in [5, 5.41) is 9.98. The van der Waals surface area contributed by atoms with Gasteiger partial charge in [-0.1, -0.05) is 42.1 Å². The number of halogens is 1. The summed E-state index contributed by atoms with van der Waals surface area (Å²) in [6, 6.07) is 31.1. The standard InChI is InChI=1S/C18H20O6S.C17H16O5S.C11H13BrO5.C11H14O5.C10H12O5.C7H8OS.H2O4S/c1-20-12-8-6-7-9-14(12)25-17-11(18(19)24-5)10-13(21-2)15(22-3)16(17)23-4;1-19-11-7-5-6-9-13(18)10-8-12(20-2)14(21-3)15(22-4)17(10)23-16(9)11;1-14-7-5-6(11(13)17-4)8(12)10(16-3)9(7)15-2;1-13-8-5-7(11(12)16-4)6-9(14-2)10(8)15-3;1-13-7-4-6(10(11)12)5-8(14-2)9(7)15-3;1-8-6-4-2-3-5-7(6)9;1-5(2,3)4/h6-10H,1-5H3;5-8H,1-4H3;5H,1-4H3;5-6H,1-4H3;4-5H,1-3H3,(H,11,12);2-5,9H,1H3;(H2,1,2,3,4). The van der Waals surface area contributed by atoms with Crippen molar-refractivity contribution in [2.75, 3.05) is 149 Å². The molecule has 0 aliphatic rings. The Morgan fingerprint density at radius 2 is 0.727 bits per heavy atom. The van der Waals surface area contributed by atoms with Crippen LogP contribution in [-0.4, -0.2) is 196 Å². The SMILES string of the molecule is COC(=O)c1cc(OC)c(OC)c(OC)c1.COC(=O)c1cc(OC)c(OC)c(OC)c1Br.COC(=O)c1cc(OC)c(OC)c(OC)c1Sc1ccccc1OC.COc1cc(C(=O)O)cc(OC)c1OC.COc1cc2c(=O)c3cccc(OC)c3sc2c(OC)c1OC.COc1ccccc1S.O=S(=O)(O)O. The van der Waals surface area contributed by atoms with E-state index in [-0.39, 0.29) is 11.0 Å². The van der Waals surface area contributed by atoms with Gasteiger partial charge in [-0.05, 0) is 94.8 Å². The number of thiol groups is 1. The lowest BCUT2D eigenvalue weighted by molar-refractivity contribution is 0.0588. The third-order valence-electron chi connectivity index (χ3n) is 14.4. The maximum absolute atomic E-state index is 12.9. The Morgan fingerprint density at radius 3 is 1.13 bits per heavy atom. The number of rotatable bonds is 24. The molecule has 0 saturated carbocycles. The highest BCUT2D eigenvalue weighted by Gasteiger charge is 2.28. The number of aromatic carboxylic acids is 1. The van der Waals surface area contributed by atoms with E-state index in [9.17, 15) is 24.0 Å². The number of fused-ring (bicyclic) bond motifs is 2. The van der Waals surface area contributed by atoms with Gasteiger partial charge in [0, 0.05) is 15.7 Å². The van der Waals surface area contributed by atoms with Crippen molar-refractivity contribution in [2.45, 2.75) is 14.7 Å². The van der Waals surface area contributed by atoms with Crippen molar-refractivity contribution < 1.29 is 141 Å². The van der Waals surface area contributed by atoms with Gasteiger partial charge >= 0.3 is 34.3 Å². The maximum atomic E-state index is 12.9. The minimum Gasteiger partial charge on any atom is -0.496 e. The van der Waals surface area contributed by atoms with Gasteiger partial charge in [0.05, 0.1) is 195 Å². The first-order valence-electron chi connectivity index (χ1n) is 31.0. The van der Waals surface area contributed by atoms with E-state index in [4.69, 9.17) is 113 Å². The van der Waals surface area contributed by atoms with Crippen LogP contribution < -0.4 is 90.7 Å². The summed E-state index contributed by atoms with van der Waals surface area (Å²) in [5.41, 5.74) is 0.961. The Kier molecular flexibility index (Phi) is 39.3. The molecular formula is C74H85BrO31S4. The molecule has 0 radical (unpaired) electrons. The van der Waals surface area contributed by atoms with E-state index in [0.29, 0.717) is 139 Å². The number of carboxylic acid groups (broad SMARTS) is 1. The normalized spacial score (nSPS) is 10.0. The summed E-state index contributed by atoms with van der Waals surface area (Å²) in [7, 11) is 26.4. The van der Waals surface area contributed by atoms with Gasteiger partial charge in [-0.3, -0.25) is 13.9 Å². The molecule has 0 atom stereocenters. The number of hydrogen-bond donors (Lipinski definition) is 4. The van der Waals surface area contributed by atoms with E-state index < -0.39 is 34.3 Å². The Morgan fingerprint density at radius 1 is 0.373 bits per heavy atom. The number of carboxylic acids is 1. The molecule has 110 heavy (non-hydrogen) atoms. The fourth-order valence-corrected chi connectivity index (χ4v) is 12.7. The van der Waals surface area contributed by atoms with Gasteiger partial charge < -0.3 is 105 Å². The van der Waals surface area contributed by atoms with Crippen LogP contribution in [0.2, 0.25) is 0 Å². The van der Waals surface area contributed by atoms with Crippen molar-refractivity contribution in [1.82, 2.24) is 0 Å². The molecule has 0 spiro atoms. The molecule has 0 saturated heterocycles.